The Morgan fingerprint density at radius 3 is 0.441 bits per heavy atom. The second-order valence-corrected chi connectivity index (χ2v) is 52.1. The smallest absolute Gasteiger partial charge is 0.349 e. The number of unbranched alkanes of at least 4 members (excludes halogenated alkanes) is 8. The van der Waals surface area contributed by atoms with Gasteiger partial charge in [-0.25, -0.2) is 0 Å². The third-order valence-corrected chi connectivity index (χ3v) is 60.1. The van der Waals surface area contributed by atoms with Crippen molar-refractivity contribution < 1.29 is 32.9 Å². The van der Waals surface area contributed by atoms with E-state index >= 15 is 0 Å². The standard InChI is InChI=1S/C44H72Br8O8Si8/c45-25-9-1-17-33-61-41-62(34-18-2-10-26-46)54-65(37-21-5-13-29-49)42-63(53-61,35-19-3-11-27-47)59-66(38-22-6-14-30-50)43-64(57-61,36-20-4-12-28-48)55-67(58-62,39-23-7-15-31-51)44-68(56-66,60-65)40-24-8-16-32-52/h17-24,33-40H,1-16,25-32,41-44H2/b33-17-,34-18-,35-19-,36-20+,37-21+,38-22-,39-23-,40-24-. The van der Waals surface area contributed by atoms with Crippen molar-refractivity contribution in [2.24, 2.45) is 0 Å². The Hall–Kier alpha value is 3.18. The van der Waals surface area contributed by atoms with Crippen LogP contribution in [0.1, 0.15) is 103 Å². The largest absolute Gasteiger partial charge is 0.409 e. The minimum absolute atomic E-state index is 0.528. The summed E-state index contributed by atoms with van der Waals surface area (Å²) in [6.45, 7) is 0. The van der Waals surface area contributed by atoms with E-state index in [1.807, 2.05) is 0 Å². The van der Waals surface area contributed by atoms with Crippen molar-refractivity contribution in [1.29, 1.82) is 0 Å². The van der Waals surface area contributed by atoms with Crippen LogP contribution >= 0.6 is 127 Å². The molecule has 6 heterocycles. The minimum Gasteiger partial charge on any atom is -0.409 e. The van der Waals surface area contributed by atoms with Gasteiger partial charge in [0, 0.05) is 65.3 Å². The van der Waals surface area contributed by atoms with Gasteiger partial charge in [-0.15, -0.1) is 0 Å². The zero-order valence-electron chi connectivity index (χ0n) is 39.3. The quantitative estimate of drug-likeness (QED) is 0.0375. The van der Waals surface area contributed by atoms with Crippen LogP contribution in [0.3, 0.4) is 0 Å². The summed E-state index contributed by atoms with van der Waals surface area (Å²) in [5, 5.41) is 7.31. The van der Waals surface area contributed by atoms with Gasteiger partial charge in [0.15, 0.2) is 0 Å². The summed E-state index contributed by atoms with van der Waals surface area (Å²) >= 11 is 29.7. The van der Waals surface area contributed by atoms with Gasteiger partial charge in [0.25, 0.3) is 0 Å². The van der Waals surface area contributed by atoms with Crippen molar-refractivity contribution in [1.82, 2.24) is 0 Å². The molecule has 6 aliphatic heterocycles. The van der Waals surface area contributed by atoms with E-state index < -0.39 is 68.5 Å². The summed E-state index contributed by atoms with van der Waals surface area (Å²) in [4.78, 5) is 0. The van der Waals surface area contributed by atoms with Crippen molar-refractivity contribution in [3.63, 3.8) is 0 Å². The highest BCUT2D eigenvalue weighted by molar-refractivity contribution is 9.10. The van der Waals surface area contributed by atoms with Gasteiger partial charge < -0.3 is 32.9 Å². The van der Waals surface area contributed by atoms with E-state index in [1.165, 1.54) is 0 Å². The number of rotatable bonds is 32. The molecule has 0 saturated carbocycles. The molecular formula is C44H72Br8O8Si8. The van der Waals surface area contributed by atoms with Crippen LogP contribution in [0.4, 0.5) is 0 Å². The lowest BCUT2D eigenvalue weighted by atomic mass is 10.3. The number of hydrogen-bond acceptors (Lipinski definition) is 8. The number of alkyl halides is 8. The fourth-order valence-electron chi connectivity index (χ4n) is 9.14. The lowest BCUT2D eigenvalue weighted by Gasteiger charge is -2.63. The number of halogens is 8. The maximum absolute atomic E-state index is 8.33. The molecule has 6 fully saturated rings. The van der Waals surface area contributed by atoms with E-state index in [2.05, 4.69) is 222 Å². The Morgan fingerprint density at radius 2 is 0.338 bits per heavy atom. The van der Waals surface area contributed by atoms with Crippen molar-refractivity contribution in [2.75, 3.05) is 42.6 Å². The molecule has 8 atom stereocenters. The summed E-state index contributed by atoms with van der Waals surface area (Å²) in [6.07, 6.45) is 33.6. The first-order chi connectivity index (χ1) is 33.0. The molecule has 8 unspecified atom stereocenters. The zero-order chi connectivity index (χ0) is 48.8. The van der Waals surface area contributed by atoms with Gasteiger partial charge in [-0.2, -0.15) is 0 Å². The molecule has 0 amide bonds. The van der Waals surface area contributed by atoms with Gasteiger partial charge in [0.1, 0.15) is 0 Å². The average Bonchev–Trinajstić information content (AvgIpc) is 3.28. The van der Waals surface area contributed by atoms with Crippen molar-refractivity contribution in [3.05, 3.63) is 94.2 Å². The predicted octanol–water partition coefficient (Wildman–Crippen LogP) is 16.0. The predicted molar refractivity (Wildman–Crippen MR) is 331 cm³/mol. The molecule has 0 radical (unpaired) electrons. The molecule has 0 aromatic rings. The van der Waals surface area contributed by atoms with Crippen LogP contribution in [-0.4, -0.2) is 111 Å². The Labute approximate surface area is 485 Å². The fraction of sp³-hybridized carbons (Fsp3) is 0.636. The van der Waals surface area contributed by atoms with Crippen molar-refractivity contribution in [3.8, 4) is 0 Å². The third kappa shape index (κ3) is 18.7. The highest BCUT2D eigenvalue weighted by atomic mass is 79.9. The molecule has 0 N–H and O–H groups in total. The summed E-state index contributed by atoms with van der Waals surface area (Å²) in [5.74, 6) is 0. The van der Waals surface area contributed by atoms with Crippen molar-refractivity contribution in [2.45, 2.75) is 125 Å². The highest BCUT2D eigenvalue weighted by Crippen LogP contribution is 2.55. The van der Waals surface area contributed by atoms with E-state index in [0.29, 0.717) is 22.7 Å². The van der Waals surface area contributed by atoms with Crippen LogP contribution in [-0.2, 0) is 32.9 Å². The van der Waals surface area contributed by atoms with E-state index in [4.69, 9.17) is 32.9 Å². The lowest BCUT2D eigenvalue weighted by molar-refractivity contribution is 0.192. The Kier molecular flexibility index (Phi) is 28.8. The van der Waals surface area contributed by atoms with E-state index in [0.717, 1.165) is 145 Å². The third-order valence-electron chi connectivity index (χ3n) is 11.7. The maximum Gasteiger partial charge on any atom is 0.349 e. The molecule has 8 bridgehead atoms. The SMILES string of the molecule is BrCCC/C=C\[Si]12C[Si]3(/C=C/CCCBr)O[Si]4(/C=C\CCCBr)C[Si]5(/C=C\CCCBr)O[Si](/C=C\CCCBr)(C[Si](/C=C\CCCBr)(O1)O[Si](/C=C/CCCBr)(C[Si](/C=C\CCCBr)(O2)O4)O5)O3. The van der Waals surface area contributed by atoms with Gasteiger partial charge in [-0.3, -0.25) is 0 Å². The van der Waals surface area contributed by atoms with Crippen LogP contribution in [0, 0.1) is 0 Å². The summed E-state index contributed by atoms with van der Waals surface area (Å²) in [7, 11) is -28.3. The molecule has 6 rings (SSSR count). The Balaban J connectivity index is 1.99. The summed E-state index contributed by atoms with van der Waals surface area (Å²) in [5.41, 5.74) is 20.9. The highest BCUT2D eigenvalue weighted by Gasteiger charge is 2.77. The first-order valence-electron chi connectivity index (χ1n) is 24.5. The second-order valence-electron chi connectivity index (χ2n) is 17.9. The summed E-state index contributed by atoms with van der Waals surface area (Å²) < 4.78 is 66.5. The molecule has 8 nitrogen and oxygen atoms in total. The molecule has 0 aromatic heterocycles. The maximum atomic E-state index is 8.33. The second kappa shape index (κ2) is 31.5. The number of hydrogen-bond donors (Lipinski definition) is 0. The molecule has 24 heteroatoms. The lowest BCUT2D eigenvalue weighted by Crippen LogP contribution is -2.84. The van der Waals surface area contributed by atoms with Crippen LogP contribution in [0.15, 0.2) is 94.2 Å². The van der Waals surface area contributed by atoms with Crippen LogP contribution in [0.25, 0.3) is 0 Å². The molecule has 0 aliphatic carbocycles. The molecule has 6 saturated heterocycles. The van der Waals surface area contributed by atoms with E-state index in [9.17, 15) is 0 Å². The van der Waals surface area contributed by atoms with Crippen LogP contribution < -0.4 is 0 Å². The van der Waals surface area contributed by atoms with Gasteiger partial charge in [0.2, 0.25) is 0 Å². The van der Waals surface area contributed by atoms with Gasteiger partial charge in [0.05, 0.1) is 0 Å². The molecule has 68 heavy (non-hydrogen) atoms. The first-order valence-corrected chi connectivity index (χ1v) is 50.3. The van der Waals surface area contributed by atoms with Crippen molar-refractivity contribution >= 4 is 196 Å². The minimum atomic E-state index is -3.54. The Bertz CT molecular complexity index is 1340. The average molecular weight is 1590 g/mol. The molecule has 0 aromatic carbocycles. The first kappa shape index (κ1) is 62.0. The fourth-order valence-corrected chi connectivity index (χ4v) is 73.1. The summed E-state index contributed by atoms with van der Waals surface area (Å²) in [6, 6.07) is 0. The molecule has 6 aliphatic rings. The molecule has 384 valence electrons. The topological polar surface area (TPSA) is 73.8 Å². The molecular weight excluding hydrogens is 1520 g/mol. The monoisotopic (exact) mass is 1580 g/mol. The Morgan fingerprint density at radius 1 is 0.221 bits per heavy atom. The normalized spacial score (nSPS) is 35.2. The molecule has 0 spiro atoms. The van der Waals surface area contributed by atoms with E-state index in [-0.39, 0.29) is 0 Å². The van der Waals surface area contributed by atoms with Gasteiger partial charge in [-0.1, -0.05) is 176 Å². The van der Waals surface area contributed by atoms with Gasteiger partial charge >= 0.3 is 68.5 Å². The van der Waals surface area contributed by atoms with Crippen LogP contribution in [0.2, 0.25) is 22.7 Å². The van der Waals surface area contributed by atoms with E-state index in [1.54, 1.807) is 0 Å². The van der Waals surface area contributed by atoms with Crippen LogP contribution in [0.5, 0.6) is 0 Å². The number of allylic oxidation sites excluding steroid dienone is 8. The zero-order valence-corrected chi connectivity index (χ0v) is 60.0. The van der Waals surface area contributed by atoms with Gasteiger partial charge in [-0.05, 0) is 148 Å².